The Bertz CT molecular complexity index is 502. The highest BCUT2D eigenvalue weighted by Gasteiger charge is 2.15. The fourth-order valence-corrected chi connectivity index (χ4v) is 2.00. The minimum Gasteiger partial charge on any atom is -0.480 e. The summed E-state index contributed by atoms with van der Waals surface area (Å²) in [5, 5.41) is 8.73. The van der Waals surface area contributed by atoms with Gasteiger partial charge in [-0.25, -0.2) is 4.79 Å². The molecule has 4 heteroatoms. The van der Waals surface area contributed by atoms with Crippen molar-refractivity contribution in [1.82, 2.24) is 0 Å². The van der Waals surface area contributed by atoms with Crippen LogP contribution in [-0.4, -0.2) is 24.2 Å². The van der Waals surface area contributed by atoms with Gasteiger partial charge in [-0.05, 0) is 24.1 Å². The molecule has 0 heterocycles. The highest BCUT2D eigenvalue weighted by Crippen LogP contribution is 2.25. The Labute approximate surface area is 137 Å². The van der Waals surface area contributed by atoms with Crippen LogP contribution in [0, 0.1) is 0 Å². The van der Waals surface area contributed by atoms with E-state index >= 15 is 0 Å². The van der Waals surface area contributed by atoms with E-state index in [0.29, 0.717) is 0 Å². The fourth-order valence-electron chi connectivity index (χ4n) is 2.00. The van der Waals surface area contributed by atoms with Gasteiger partial charge in [0.25, 0.3) is 0 Å². The first-order chi connectivity index (χ1) is 11.2. The first-order valence-electron chi connectivity index (χ1n) is 7.82. The Hall–Kier alpha value is -2.17. The number of hydrogen-bond donors (Lipinski definition) is 2. The summed E-state index contributed by atoms with van der Waals surface area (Å²) >= 11 is 0. The van der Waals surface area contributed by atoms with Crippen molar-refractivity contribution in [2.75, 3.05) is 13.2 Å². The number of rotatable bonds is 7. The normalized spacial score (nSPS) is 10.0. The summed E-state index contributed by atoms with van der Waals surface area (Å²) in [5.41, 5.74) is 7.04. The second-order valence-electron chi connectivity index (χ2n) is 5.05. The van der Waals surface area contributed by atoms with E-state index in [2.05, 4.69) is 6.92 Å². The van der Waals surface area contributed by atoms with Gasteiger partial charge in [0.05, 0.1) is 0 Å². The van der Waals surface area contributed by atoms with Crippen LogP contribution in [0.3, 0.4) is 0 Å². The van der Waals surface area contributed by atoms with Crippen LogP contribution in [0.2, 0.25) is 0 Å². The summed E-state index contributed by atoms with van der Waals surface area (Å²) in [4.78, 5) is 10.6. The van der Waals surface area contributed by atoms with Gasteiger partial charge in [0, 0.05) is 0 Å². The van der Waals surface area contributed by atoms with E-state index in [1.807, 2.05) is 60.7 Å². The lowest BCUT2D eigenvalue weighted by Crippen LogP contribution is -2.13. The molecule has 0 aliphatic carbocycles. The molecule has 3 N–H and O–H groups in total. The number of carboxylic acids is 1. The monoisotopic (exact) mass is 315 g/mol. The molecule has 23 heavy (non-hydrogen) atoms. The largest absolute Gasteiger partial charge is 0.480 e. The van der Waals surface area contributed by atoms with Gasteiger partial charge < -0.3 is 15.6 Å². The average Bonchev–Trinajstić information content (AvgIpc) is 2.58. The molecule has 4 nitrogen and oxygen atoms in total. The van der Waals surface area contributed by atoms with E-state index in [9.17, 15) is 4.79 Å². The zero-order valence-electron chi connectivity index (χ0n) is 13.5. The lowest BCUT2D eigenvalue weighted by Gasteiger charge is -2.17. The number of hydrogen-bond acceptors (Lipinski definition) is 3. The maximum absolute atomic E-state index is 10.6. The van der Waals surface area contributed by atoms with Gasteiger partial charge in [0.2, 0.25) is 0 Å². The van der Waals surface area contributed by atoms with Gasteiger partial charge in [-0.15, -0.1) is 0 Å². The van der Waals surface area contributed by atoms with Crippen molar-refractivity contribution in [3.05, 3.63) is 71.8 Å². The summed E-state index contributed by atoms with van der Waals surface area (Å²) in [6, 6.07) is 19.2. The predicted molar refractivity (Wildman–Crippen MR) is 92.3 cm³/mol. The van der Waals surface area contributed by atoms with Crippen molar-refractivity contribution >= 4 is 5.97 Å². The van der Waals surface area contributed by atoms with E-state index in [-0.39, 0.29) is 12.7 Å². The second kappa shape index (κ2) is 11.4. The van der Waals surface area contributed by atoms with Crippen LogP contribution >= 0.6 is 0 Å². The van der Waals surface area contributed by atoms with Crippen molar-refractivity contribution in [2.45, 2.75) is 25.9 Å². The Balaban J connectivity index is 0.000000463. The van der Waals surface area contributed by atoms with E-state index in [0.717, 1.165) is 17.7 Å². The summed E-state index contributed by atoms with van der Waals surface area (Å²) in [6.45, 7) is 2.66. The van der Waals surface area contributed by atoms with Gasteiger partial charge in [-0.1, -0.05) is 74.0 Å². The molecule has 0 aliphatic rings. The molecule has 0 amide bonds. The molecule has 0 atom stereocenters. The third-order valence-electron chi connectivity index (χ3n) is 3.14. The van der Waals surface area contributed by atoms with E-state index in [1.54, 1.807) is 0 Å². The van der Waals surface area contributed by atoms with Crippen LogP contribution in [0.15, 0.2) is 60.7 Å². The number of benzene rings is 2. The van der Waals surface area contributed by atoms with Crippen LogP contribution in [0.4, 0.5) is 0 Å². The SMILES string of the molecule is CCCCN.O=C(O)COC(c1ccccc1)c1ccccc1. The zero-order chi connectivity index (χ0) is 16.9. The van der Waals surface area contributed by atoms with Crippen LogP contribution < -0.4 is 5.73 Å². The molecule has 2 aromatic carbocycles. The average molecular weight is 315 g/mol. The highest BCUT2D eigenvalue weighted by atomic mass is 16.5. The van der Waals surface area contributed by atoms with Crippen molar-refractivity contribution in [3.63, 3.8) is 0 Å². The topological polar surface area (TPSA) is 72.6 Å². The molecule has 0 saturated carbocycles. The number of unbranched alkanes of at least 4 members (excludes halogenated alkanes) is 1. The standard InChI is InChI=1S/C15H14O3.C4H11N/c16-14(17)11-18-15(12-7-3-1-4-8-12)13-9-5-2-6-10-13;1-2-3-4-5/h1-10,15H,11H2,(H,16,17);2-5H2,1H3. The Morgan fingerprint density at radius 3 is 1.83 bits per heavy atom. The summed E-state index contributed by atoms with van der Waals surface area (Å²) in [5.74, 6) is -0.966. The first-order valence-corrected chi connectivity index (χ1v) is 7.82. The number of aliphatic carboxylic acids is 1. The number of ether oxygens (including phenoxy) is 1. The van der Waals surface area contributed by atoms with E-state index in [4.69, 9.17) is 15.6 Å². The smallest absolute Gasteiger partial charge is 0.329 e. The van der Waals surface area contributed by atoms with Crippen LogP contribution in [0.25, 0.3) is 0 Å². The highest BCUT2D eigenvalue weighted by molar-refractivity contribution is 5.68. The molecule has 0 aliphatic heterocycles. The van der Waals surface area contributed by atoms with Gasteiger partial charge in [0.15, 0.2) is 0 Å². The Morgan fingerprint density at radius 2 is 1.52 bits per heavy atom. The lowest BCUT2D eigenvalue weighted by atomic mass is 10.0. The fraction of sp³-hybridized carbons (Fsp3) is 0.316. The molecule has 0 fully saturated rings. The molecule has 0 bridgehead atoms. The summed E-state index contributed by atoms with van der Waals surface area (Å²) in [7, 11) is 0. The molecule has 2 rings (SSSR count). The molecule has 0 unspecified atom stereocenters. The van der Waals surface area contributed by atoms with Crippen LogP contribution in [0.1, 0.15) is 37.0 Å². The summed E-state index contributed by atoms with van der Waals surface area (Å²) in [6.07, 6.45) is 2.04. The maximum Gasteiger partial charge on any atom is 0.329 e. The quantitative estimate of drug-likeness (QED) is 0.818. The van der Waals surface area contributed by atoms with Crippen molar-refractivity contribution in [3.8, 4) is 0 Å². The Kier molecular flexibility index (Phi) is 9.36. The predicted octanol–water partition coefficient (Wildman–Crippen LogP) is 3.62. The Morgan fingerprint density at radius 1 is 1.04 bits per heavy atom. The van der Waals surface area contributed by atoms with Gasteiger partial charge in [-0.3, -0.25) is 0 Å². The number of nitrogens with two attached hydrogens (primary N) is 1. The lowest BCUT2D eigenvalue weighted by molar-refractivity contribution is -0.143. The maximum atomic E-state index is 10.6. The third kappa shape index (κ3) is 7.58. The molecule has 0 saturated heterocycles. The second-order valence-corrected chi connectivity index (χ2v) is 5.05. The first kappa shape index (κ1) is 18.9. The van der Waals surface area contributed by atoms with Crippen molar-refractivity contribution < 1.29 is 14.6 Å². The molecular weight excluding hydrogens is 290 g/mol. The van der Waals surface area contributed by atoms with Crippen molar-refractivity contribution in [2.24, 2.45) is 5.73 Å². The van der Waals surface area contributed by atoms with Crippen molar-refractivity contribution in [1.29, 1.82) is 0 Å². The van der Waals surface area contributed by atoms with Crippen LogP contribution in [-0.2, 0) is 9.53 Å². The van der Waals surface area contributed by atoms with E-state index < -0.39 is 5.97 Å². The molecule has 0 spiro atoms. The van der Waals surface area contributed by atoms with Crippen LogP contribution in [0.5, 0.6) is 0 Å². The van der Waals surface area contributed by atoms with E-state index in [1.165, 1.54) is 12.8 Å². The minimum absolute atomic E-state index is 0.311. The molecule has 0 aromatic heterocycles. The number of carbonyl (C=O) groups is 1. The molecular formula is C19H25NO3. The van der Waals surface area contributed by atoms with Gasteiger partial charge in [-0.2, -0.15) is 0 Å². The molecule has 124 valence electrons. The summed E-state index contributed by atoms with van der Waals surface area (Å²) < 4.78 is 5.48. The van der Waals surface area contributed by atoms with Gasteiger partial charge >= 0.3 is 5.97 Å². The minimum atomic E-state index is -0.966. The number of carboxylic acid groups (broad SMARTS) is 1. The molecule has 0 radical (unpaired) electrons. The third-order valence-corrected chi connectivity index (χ3v) is 3.14. The van der Waals surface area contributed by atoms with Gasteiger partial charge in [0.1, 0.15) is 12.7 Å². The zero-order valence-corrected chi connectivity index (χ0v) is 13.5. The molecule has 2 aromatic rings.